The van der Waals surface area contributed by atoms with E-state index in [1.54, 1.807) is 12.1 Å². The Morgan fingerprint density at radius 1 is 0.944 bits per heavy atom. The second-order valence-corrected chi connectivity index (χ2v) is 9.09. The summed E-state index contributed by atoms with van der Waals surface area (Å²) in [7, 11) is 0. The lowest BCUT2D eigenvalue weighted by Gasteiger charge is -2.32. The fraction of sp³-hybridized carbons (Fsp3) is 0.231. The summed E-state index contributed by atoms with van der Waals surface area (Å²) in [5.41, 5.74) is 2.46. The van der Waals surface area contributed by atoms with Crippen LogP contribution in [0.15, 0.2) is 77.2 Å². The number of carbonyl (C=O) groups is 2. The molecule has 0 radical (unpaired) electrons. The van der Waals surface area contributed by atoms with Crippen LogP contribution >= 0.6 is 0 Å². The third-order valence-corrected chi connectivity index (χ3v) is 6.62. The summed E-state index contributed by atoms with van der Waals surface area (Å²) in [4.78, 5) is 24.0. The first-order valence-electron chi connectivity index (χ1n) is 11.5. The van der Waals surface area contributed by atoms with Crippen LogP contribution in [0.5, 0.6) is 0 Å². The molecule has 188 valence electrons. The number of nitrogens with one attached hydrogen (secondary N) is 2. The van der Waals surface area contributed by atoms with E-state index >= 15 is 0 Å². The minimum atomic E-state index is -2.81. The van der Waals surface area contributed by atoms with Crippen LogP contribution in [0.25, 0.3) is 21.9 Å². The lowest BCUT2D eigenvalue weighted by Crippen LogP contribution is -2.42. The molecule has 0 aliphatic carbocycles. The average molecular weight is 509 g/mol. The van der Waals surface area contributed by atoms with E-state index in [9.17, 15) is 23.5 Å². The van der Waals surface area contributed by atoms with Crippen molar-refractivity contribution in [2.45, 2.75) is 31.8 Å². The normalized spacial score (nSPS) is 12.8. The van der Waals surface area contributed by atoms with Gasteiger partial charge in [-0.2, -0.15) is 0 Å². The molecule has 3 N–H and O–H groups in total. The number of nitrogens with zero attached hydrogens (tertiary/aromatic N) is 1. The molecule has 0 spiro atoms. The number of hydrogen-bond acceptors (Lipinski definition) is 5. The van der Waals surface area contributed by atoms with Crippen LogP contribution in [0.4, 0.5) is 10.5 Å². The molecule has 0 saturated heterocycles. The number of amides is 2. The molecule has 10 heteroatoms. The van der Waals surface area contributed by atoms with E-state index in [2.05, 4.69) is 10.6 Å². The van der Waals surface area contributed by atoms with Crippen LogP contribution in [-0.2, 0) is 22.6 Å². The molecule has 0 fully saturated rings. The molecule has 0 aliphatic rings. The zero-order valence-corrected chi connectivity index (χ0v) is 20.2. The van der Waals surface area contributed by atoms with Gasteiger partial charge in [0.05, 0.1) is 5.69 Å². The highest BCUT2D eigenvalue weighted by Gasteiger charge is 2.27. The van der Waals surface area contributed by atoms with Gasteiger partial charge >= 0.3 is 12.0 Å². The molecule has 2 amide bonds. The van der Waals surface area contributed by atoms with Crippen LogP contribution in [-0.4, -0.2) is 38.5 Å². The number of hydrogen-bond donors (Lipinski definition) is 3. The highest BCUT2D eigenvalue weighted by molar-refractivity contribution is 7.80. The molecule has 36 heavy (non-hydrogen) atoms. The van der Waals surface area contributed by atoms with Gasteiger partial charge in [-0.3, -0.25) is 8.51 Å². The van der Waals surface area contributed by atoms with Gasteiger partial charge in [-0.05, 0) is 49.1 Å². The van der Waals surface area contributed by atoms with Crippen LogP contribution in [0.3, 0.4) is 0 Å². The number of benzene rings is 3. The number of para-hydroxylation sites is 1. The van der Waals surface area contributed by atoms with Crippen molar-refractivity contribution >= 4 is 50.9 Å². The van der Waals surface area contributed by atoms with Gasteiger partial charge in [-0.1, -0.05) is 48.5 Å². The molecule has 1 aromatic heterocycles. The number of carboxylic acid groups (broad SMARTS) is 1. The number of urea groups is 1. The summed E-state index contributed by atoms with van der Waals surface area (Å²) in [6, 6.07) is 20.1. The van der Waals surface area contributed by atoms with Crippen molar-refractivity contribution in [1.29, 1.82) is 0 Å². The minimum absolute atomic E-state index is 0.0841. The molecule has 0 saturated carbocycles. The fourth-order valence-electron chi connectivity index (χ4n) is 4.07. The Kier molecular flexibility index (Phi) is 8.19. The van der Waals surface area contributed by atoms with E-state index in [0.717, 1.165) is 15.3 Å². The predicted octanol–water partition coefficient (Wildman–Crippen LogP) is 4.31. The van der Waals surface area contributed by atoms with Crippen LogP contribution in [0.1, 0.15) is 24.8 Å². The van der Waals surface area contributed by atoms with E-state index in [4.69, 9.17) is 4.42 Å². The average Bonchev–Trinajstić information content (AvgIpc) is 3.25. The maximum absolute atomic E-state index is 12.1. The zero-order valence-electron chi connectivity index (χ0n) is 19.4. The zero-order chi connectivity index (χ0) is 25.5. The Bertz CT molecular complexity index is 1370. The molecule has 3 aromatic carbocycles. The number of furan rings is 1. The number of aliphatic carboxylic acids is 1. The molecule has 0 bridgehead atoms. The molecule has 2 atom stereocenters. The quantitative estimate of drug-likeness (QED) is 0.204. The molecule has 4 rings (SSSR count). The van der Waals surface area contributed by atoms with Crippen molar-refractivity contribution in [1.82, 2.24) is 10.6 Å². The van der Waals surface area contributed by atoms with Crippen molar-refractivity contribution in [3.05, 3.63) is 78.4 Å². The predicted molar refractivity (Wildman–Crippen MR) is 137 cm³/mol. The number of fused-ring (bicyclic) bond motifs is 3. The van der Waals surface area contributed by atoms with Crippen molar-refractivity contribution < 1.29 is 27.9 Å². The topological polar surface area (TPSA) is 135 Å². The summed E-state index contributed by atoms with van der Waals surface area (Å²) < 4.78 is 30.9. The molecule has 4 aromatic rings. The Morgan fingerprint density at radius 3 is 2.42 bits per heavy atom. The first kappa shape index (κ1) is 25.2. The van der Waals surface area contributed by atoms with Gasteiger partial charge in [0, 0.05) is 35.1 Å². The standard InChI is InChI=1S/C26H27N3O6S/c30-25(31)22(11-6-7-15-27-26(32)28-17-18-8-2-1-3-9-18)29(36(33)34)19-13-14-24-21(16-19)20-10-4-5-12-23(20)35-24/h1-5,8-10,12-14,16,22H,6-7,11,15,17H2,(H,30,31)(H,33,34)(H2,27,28,32)/p-1. The van der Waals surface area contributed by atoms with Gasteiger partial charge in [-0.15, -0.1) is 0 Å². The monoisotopic (exact) mass is 508 g/mol. The number of anilines is 1. The Balaban J connectivity index is 1.36. The van der Waals surface area contributed by atoms with E-state index < -0.39 is 23.3 Å². The van der Waals surface area contributed by atoms with Crippen molar-refractivity contribution in [2.24, 2.45) is 0 Å². The number of carbonyl (C=O) groups excluding carboxylic acids is 1. The third kappa shape index (κ3) is 6.02. The van der Waals surface area contributed by atoms with Crippen molar-refractivity contribution in [2.75, 3.05) is 10.8 Å². The van der Waals surface area contributed by atoms with Gasteiger partial charge in [0.1, 0.15) is 17.2 Å². The Labute approximate surface area is 210 Å². The second kappa shape index (κ2) is 11.7. The molecule has 1 heterocycles. The summed E-state index contributed by atoms with van der Waals surface area (Å²) in [6.45, 7) is 0.731. The maximum Gasteiger partial charge on any atom is 0.327 e. The van der Waals surface area contributed by atoms with E-state index in [1.807, 2.05) is 54.6 Å². The molecule has 0 aliphatic heterocycles. The highest BCUT2D eigenvalue weighted by Crippen LogP contribution is 2.33. The summed E-state index contributed by atoms with van der Waals surface area (Å²) in [5, 5.41) is 16.8. The Hall–Kier alpha value is -3.89. The smallest absolute Gasteiger partial charge is 0.327 e. The van der Waals surface area contributed by atoms with Gasteiger partial charge in [0.2, 0.25) is 0 Å². The van der Waals surface area contributed by atoms with E-state index in [1.165, 1.54) is 6.07 Å². The minimum Gasteiger partial charge on any atom is -0.755 e. The number of carboxylic acids is 1. The van der Waals surface area contributed by atoms with E-state index in [-0.39, 0.29) is 18.1 Å². The van der Waals surface area contributed by atoms with Crippen LogP contribution < -0.4 is 14.9 Å². The van der Waals surface area contributed by atoms with E-state index in [0.29, 0.717) is 42.5 Å². The van der Waals surface area contributed by atoms with Gasteiger partial charge in [0.25, 0.3) is 0 Å². The molecular formula is C26H26N3O6S-. The van der Waals surface area contributed by atoms with Crippen molar-refractivity contribution in [3.63, 3.8) is 0 Å². The summed E-state index contributed by atoms with van der Waals surface area (Å²) in [5.74, 6) is -1.25. The lowest BCUT2D eigenvalue weighted by atomic mass is 10.1. The Morgan fingerprint density at radius 2 is 1.67 bits per heavy atom. The number of unbranched alkanes of at least 4 members (excludes halogenated alkanes) is 1. The van der Waals surface area contributed by atoms with Crippen LogP contribution in [0.2, 0.25) is 0 Å². The summed E-state index contributed by atoms with van der Waals surface area (Å²) >= 11 is -2.81. The lowest BCUT2D eigenvalue weighted by molar-refractivity contribution is -0.138. The molecular weight excluding hydrogens is 482 g/mol. The van der Waals surface area contributed by atoms with Crippen LogP contribution in [0, 0.1) is 0 Å². The molecule has 2 unspecified atom stereocenters. The third-order valence-electron chi connectivity index (χ3n) is 5.83. The van der Waals surface area contributed by atoms with Crippen molar-refractivity contribution in [3.8, 4) is 0 Å². The van der Waals surface area contributed by atoms with Gasteiger partial charge in [0.15, 0.2) is 0 Å². The largest absolute Gasteiger partial charge is 0.755 e. The number of rotatable bonds is 11. The molecule has 9 nitrogen and oxygen atoms in total. The summed E-state index contributed by atoms with van der Waals surface area (Å²) in [6.07, 6.45) is 0.981. The van der Waals surface area contributed by atoms with Gasteiger partial charge < -0.3 is 24.7 Å². The first-order chi connectivity index (χ1) is 17.4. The highest BCUT2D eigenvalue weighted by atomic mass is 32.2. The first-order valence-corrected chi connectivity index (χ1v) is 12.6. The second-order valence-electron chi connectivity index (χ2n) is 8.27. The fourth-order valence-corrected chi connectivity index (χ4v) is 4.76. The SMILES string of the molecule is O=C(NCCCCC(C(=O)O)N(c1ccc2oc3ccccc3c2c1)S(=O)[O-])NCc1ccccc1. The van der Waals surface area contributed by atoms with Gasteiger partial charge in [-0.25, -0.2) is 9.59 Å². The maximum atomic E-state index is 12.1.